The second kappa shape index (κ2) is 11.4. The molecule has 1 fully saturated rings. The summed E-state index contributed by atoms with van der Waals surface area (Å²) in [6.45, 7) is 1.09. The summed E-state index contributed by atoms with van der Waals surface area (Å²) in [6, 6.07) is 13.6. The molecular weight excluding hydrogens is 418 g/mol. The molecule has 0 bridgehead atoms. The Morgan fingerprint density at radius 1 is 1.16 bits per heavy atom. The molecule has 0 aliphatic carbocycles. The van der Waals surface area contributed by atoms with Gasteiger partial charge in [0.05, 0.1) is 12.6 Å². The summed E-state index contributed by atoms with van der Waals surface area (Å²) in [6.07, 6.45) is 0.641. The van der Waals surface area contributed by atoms with Gasteiger partial charge in [0.1, 0.15) is 5.75 Å². The minimum absolute atomic E-state index is 0.0407. The first kappa shape index (κ1) is 23.5. The van der Waals surface area contributed by atoms with Crippen LogP contribution in [0.25, 0.3) is 0 Å². The van der Waals surface area contributed by atoms with E-state index in [0.717, 1.165) is 24.2 Å². The standard InChI is InChI=1S/C23H28F2N4O3/c1-2-26-23(28-15-20(30)17-7-11-19(12-8-17)32-22(24)25)27-14-16-5-9-18(10-6-16)29-13-3-4-21(29)31/h5-12,20,22,30H,2-4,13-15H2,1H3,(H2,26,27,28). The summed E-state index contributed by atoms with van der Waals surface area (Å²) < 4.78 is 28.8. The van der Waals surface area contributed by atoms with Crippen molar-refractivity contribution in [3.05, 3.63) is 59.7 Å². The van der Waals surface area contributed by atoms with Crippen molar-refractivity contribution in [1.29, 1.82) is 0 Å². The van der Waals surface area contributed by atoms with Crippen molar-refractivity contribution in [3.63, 3.8) is 0 Å². The number of carbonyl (C=O) groups is 1. The van der Waals surface area contributed by atoms with Gasteiger partial charge in [0.2, 0.25) is 5.91 Å². The maximum absolute atomic E-state index is 12.2. The number of anilines is 1. The highest BCUT2D eigenvalue weighted by Crippen LogP contribution is 2.22. The molecule has 3 rings (SSSR count). The number of aliphatic hydroxyl groups excluding tert-OH is 1. The van der Waals surface area contributed by atoms with Gasteiger partial charge in [-0.25, -0.2) is 4.99 Å². The molecule has 0 spiro atoms. The smallest absolute Gasteiger partial charge is 0.387 e. The fraction of sp³-hybridized carbons (Fsp3) is 0.391. The number of aliphatic imine (C=N–C) groups is 1. The van der Waals surface area contributed by atoms with Crippen LogP contribution in [0.5, 0.6) is 5.75 Å². The number of ether oxygens (including phenoxy) is 1. The number of halogens is 2. The van der Waals surface area contributed by atoms with E-state index in [1.807, 2.05) is 31.2 Å². The van der Waals surface area contributed by atoms with Gasteiger partial charge in [-0.05, 0) is 48.7 Å². The van der Waals surface area contributed by atoms with Gasteiger partial charge in [0.15, 0.2) is 5.96 Å². The van der Waals surface area contributed by atoms with E-state index >= 15 is 0 Å². The van der Waals surface area contributed by atoms with Crippen LogP contribution in [-0.4, -0.2) is 43.2 Å². The highest BCUT2D eigenvalue weighted by molar-refractivity contribution is 5.95. The Morgan fingerprint density at radius 3 is 2.47 bits per heavy atom. The topological polar surface area (TPSA) is 86.2 Å². The fourth-order valence-electron chi connectivity index (χ4n) is 3.40. The third kappa shape index (κ3) is 6.65. The molecule has 0 radical (unpaired) electrons. The van der Waals surface area contributed by atoms with E-state index in [-0.39, 0.29) is 18.2 Å². The van der Waals surface area contributed by atoms with E-state index in [0.29, 0.717) is 31.0 Å². The Kier molecular flexibility index (Phi) is 8.38. The van der Waals surface area contributed by atoms with Crippen molar-refractivity contribution < 1.29 is 23.4 Å². The molecule has 2 aromatic rings. The number of nitrogens with zero attached hydrogens (tertiary/aromatic N) is 2. The van der Waals surface area contributed by atoms with Crippen molar-refractivity contribution in [3.8, 4) is 5.75 Å². The zero-order valence-corrected chi connectivity index (χ0v) is 17.9. The average Bonchev–Trinajstić information content (AvgIpc) is 3.21. The van der Waals surface area contributed by atoms with E-state index in [4.69, 9.17) is 0 Å². The van der Waals surface area contributed by atoms with Gasteiger partial charge < -0.3 is 25.4 Å². The minimum atomic E-state index is -2.88. The Bertz CT molecular complexity index is 904. The van der Waals surface area contributed by atoms with Crippen molar-refractivity contribution in [2.75, 3.05) is 24.5 Å². The number of alkyl halides is 2. The van der Waals surface area contributed by atoms with E-state index in [1.165, 1.54) is 12.1 Å². The number of rotatable bonds is 9. The first-order valence-corrected chi connectivity index (χ1v) is 10.6. The number of aliphatic hydroxyl groups is 1. The maximum Gasteiger partial charge on any atom is 0.387 e. The van der Waals surface area contributed by atoms with Crippen molar-refractivity contribution >= 4 is 17.6 Å². The third-order valence-electron chi connectivity index (χ3n) is 5.04. The number of hydrogen-bond acceptors (Lipinski definition) is 4. The average molecular weight is 446 g/mol. The molecule has 2 aromatic carbocycles. The second-order valence-electron chi connectivity index (χ2n) is 7.35. The Balaban J connectivity index is 1.54. The van der Waals surface area contributed by atoms with Gasteiger partial charge >= 0.3 is 6.61 Å². The molecule has 172 valence electrons. The zero-order valence-electron chi connectivity index (χ0n) is 17.9. The Morgan fingerprint density at radius 2 is 1.88 bits per heavy atom. The van der Waals surface area contributed by atoms with Crippen LogP contribution >= 0.6 is 0 Å². The monoisotopic (exact) mass is 446 g/mol. The lowest BCUT2D eigenvalue weighted by molar-refractivity contribution is -0.117. The largest absolute Gasteiger partial charge is 0.435 e. The van der Waals surface area contributed by atoms with E-state index < -0.39 is 12.7 Å². The SMILES string of the molecule is CCNC(=NCc1ccc(N2CCCC2=O)cc1)NCC(O)c1ccc(OC(F)F)cc1. The highest BCUT2D eigenvalue weighted by atomic mass is 19.3. The molecule has 1 atom stereocenters. The molecule has 0 aromatic heterocycles. The number of benzene rings is 2. The van der Waals surface area contributed by atoms with Crippen LogP contribution in [0.15, 0.2) is 53.5 Å². The van der Waals surface area contributed by atoms with Crippen molar-refractivity contribution in [2.45, 2.75) is 39.0 Å². The van der Waals surface area contributed by atoms with Gasteiger partial charge in [-0.15, -0.1) is 0 Å². The predicted molar refractivity (Wildman–Crippen MR) is 119 cm³/mol. The lowest BCUT2D eigenvalue weighted by Crippen LogP contribution is -2.39. The van der Waals surface area contributed by atoms with Gasteiger partial charge in [-0.1, -0.05) is 24.3 Å². The predicted octanol–water partition coefficient (Wildman–Crippen LogP) is 3.20. The molecule has 7 nitrogen and oxygen atoms in total. The molecule has 32 heavy (non-hydrogen) atoms. The molecular formula is C23H28F2N4O3. The first-order chi connectivity index (χ1) is 15.5. The van der Waals surface area contributed by atoms with Crippen LogP contribution in [0.2, 0.25) is 0 Å². The highest BCUT2D eigenvalue weighted by Gasteiger charge is 2.21. The number of amides is 1. The second-order valence-corrected chi connectivity index (χ2v) is 7.35. The summed E-state index contributed by atoms with van der Waals surface area (Å²) >= 11 is 0. The Labute approximate surface area is 186 Å². The number of guanidine groups is 1. The molecule has 0 saturated carbocycles. The molecule has 3 N–H and O–H groups in total. The van der Waals surface area contributed by atoms with E-state index in [1.54, 1.807) is 17.0 Å². The van der Waals surface area contributed by atoms with Crippen LogP contribution in [-0.2, 0) is 11.3 Å². The number of hydrogen-bond donors (Lipinski definition) is 3. The molecule has 1 amide bonds. The first-order valence-electron chi connectivity index (χ1n) is 10.6. The van der Waals surface area contributed by atoms with Crippen LogP contribution in [0.3, 0.4) is 0 Å². The molecule has 1 aliphatic rings. The molecule has 1 saturated heterocycles. The van der Waals surface area contributed by atoms with Crippen molar-refractivity contribution in [2.24, 2.45) is 4.99 Å². The van der Waals surface area contributed by atoms with Crippen molar-refractivity contribution in [1.82, 2.24) is 10.6 Å². The molecule has 1 aliphatic heterocycles. The van der Waals surface area contributed by atoms with Crippen LogP contribution < -0.4 is 20.3 Å². The van der Waals surface area contributed by atoms with Gasteiger partial charge in [0.25, 0.3) is 0 Å². The summed E-state index contributed by atoms with van der Waals surface area (Å²) in [5, 5.41) is 16.6. The maximum atomic E-state index is 12.2. The lowest BCUT2D eigenvalue weighted by Gasteiger charge is -2.17. The minimum Gasteiger partial charge on any atom is -0.435 e. The summed E-state index contributed by atoms with van der Waals surface area (Å²) in [4.78, 5) is 18.2. The number of nitrogens with one attached hydrogen (secondary N) is 2. The summed E-state index contributed by atoms with van der Waals surface area (Å²) in [5.74, 6) is 0.742. The molecule has 9 heteroatoms. The van der Waals surface area contributed by atoms with E-state index in [9.17, 15) is 18.7 Å². The van der Waals surface area contributed by atoms with Gasteiger partial charge in [-0.2, -0.15) is 8.78 Å². The third-order valence-corrected chi connectivity index (χ3v) is 5.04. The van der Waals surface area contributed by atoms with Crippen LogP contribution in [0.4, 0.5) is 14.5 Å². The van der Waals surface area contributed by atoms with E-state index in [2.05, 4.69) is 20.4 Å². The molecule has 1 heterocycles. The van der Waals surface area contributed by atoms with Gasteiger partial charge in [-0.3, -0.25) is 4.79 Å². The molecule has 1 unspecified atom stereocenters. The summed E-state index contributed by atoms with van der Waals surface area (Å²) in [5.41, 5.74) is 2.47. The fourth-order valence-corrected chi connectivity index (χ4v) is 3.40. The zero-order chi connectivity index (χ0) is 22.9. The van der Waals surface area contributed by atoms with Crippen LogP contribution in [0, 0.1) is 0 Å². The quantitative estimate of drug-likeness (QED) is 0.407. The Hall–Kier alpha value is -3.20. The van der Waals surface area contributed by atoms with Gasteiger partial charge in [0, 0.05) is 31.7 Å². The summed E-state index contributed by atoms with van der Waals surface area (Å²) in [7, 11) is 0. The normalized spacial score (nSPS) is 15.2. The van der Waals surface area contributed by atoms with Crippen LogP contribution in [0.1, 0.15) is 37.0 Å². The number of carbonyl (C=O) groups excluding carboxylic acids is 1. The lowest BCUT2D eigenvalue weighted by atomic mass is 10.1.